The van der Waals surface area contributed by atoms with Gasteiger partial charge in [-0.1, -0.05) is 57.2 Å². The van der Waals surface area contributed by atoms with Crippen molar-refractivity contribution in [3.63, 3.8) is 0 Å². The maximum Gasteiger partial charge on any atom is 0.243 e. The van der Waals surface area contributed by atoms with Crippen molar-refractivity contribution in [2.24, 2.45) is 0 Å². The van der Waals surface area contributed by atoms with Crippen LogP contribution in [0.2, 0.25) is 0 Å². The molecule has 0 saturated heterocycles. The normalized spacial score (nSPS) is 18.9. The highest BCUT2D eigenvalue weighted by Gasteiger charge is 2.33. The van der Waals surface area contributed by atoms with Crippen LogP contribution in [0.15, 0.2) is 36.9 Å². The second-order valence-electron chi connectivity index (χ2n) is 9.36. The summed E-state index contributed by atoms with van der Waals surface area (Å²) in [7, 11) is 0. The largest absolute Gasteiger partial charge is 0.343 e. The fourth-order valence-corrected chi connectivity index (χ4v) is 5.57. The molecule has 1 atom stereocenters. The van der Waals surface area contributed by atoms with Crippen molar-refractivity contribution in [1.29, 1.82) is 0 Å². The van der Waals surface area contributed by atoms with E-state index >= 15 is 0 Å². The number of benzene rings is 1. The first kappa shape index (κ1) is 22.6. The van der Waals surface area contributed by atoms with Crippen molar-refractivity contribution in [2.45, 2.75) is 95.8 Å². The van der Waals surface area contributed by atoms with Gasteiger partial charge in [-0.2, -0.15) is 0 Å². The number of imidazole rings is 1. The maximum atomic E-state index is 13.9. The molecule has 32 heavy (non-hydrogen) atoms. The van der Waals surface area contributed by atoms with E-state index in [1.165, 1.54) is 44.6 Å². The van der Waals surface area contributed by atoms with Crippen LogP contribution >= 0.6 is 0 Å². The molecular weight excluding hydrogens is 400 g/mol. The zero-order valence-electron chi connectivity index (χ0n) is 19.3. The number of rotatable bonds is 7. The van der Waals surface area contributed by atoms with E-state index in [4.69, 9.17) is 4.98 Å². The lowest BCUT2D eigenvalue weighted by Gasteiger charge is -2.42. The number of aromatic nitrogens is 2. The quantitative estimate of drug-likeness (QED) is 0.628. The Hall–Kier alpha value is -2.63. The summed E-state index contributed by atoms with van der Waals surface area (Å²) in [5, 5.41) is 2.91. The molecule has 4 rings (SSSR count). The summed E-state index contributed by atoms with van der Waals surface area (Å²) >= 11 is 0. The summed E-state index contributed by atoms with van der Waals surface area (Å²) < 4.78 is 2.00. The summed E-state index contributed by atoms with van der Waals surface area (Å²) in [6.07, 6.45) is 13.1. The van der Waals surface area contributed by atoms with Crippen LogP contribution < -0.4 is 5.32 Å². The van der Waals surface area contributed by atoms with E-state index in [0.717, 1.165) is 36.7 Å². The molecule has 2 aliphatic rings. The average Bonchev–Trinajstić information content (AvgIpc) is 3.19. The van der Waals surface area contributed by atoms with Gasteiger partial charge in [0, 0.05) is 12.1 Å². The van der Waals surface area contributed by atoms with Crippen LogP contribution in [0.25, 0.3) is 11.0 Å². The number of hydrogen-bond acceptors (Lipinski definition) is 3. The molecule has 2 saturated carbocycles. The monoisotopic (exact) mass is 436 g/mol. The molecule has 1 aromatic heterocycles. The topological polar surface area (TPSA) is 67.2 Å². The van der Waals surface area contributed by atoms with Crippen molar-refractivity contribution in [2.75, 3.05) is 0 Å². The SMILES string of the molecule is C=CC(=O)NC(C)c1nc2ccccc2n1CC(=O)N(C1CCCCC1)C1CCCCC1. The van der Waals surface area contributed by atoms with E-state index in [1.807, 2.05) is 35.8 Å². The molecule has 2 fully saturated rings. The molecule has 2 aliphatic carbocycles. The second kappa shape index (κ2) is 10.3. The molecule has 2 aromatic rings. The Morgan fingerprint density at radius 2 is 1.69 bits per heavy atom. The first-order chi connectivity index (χ1) is 15.6. The van der Waals surface area contributed by atoms with Gasteiger partial charge in [-0.3, -0.25) is 9.59 Å². The smallest absolute Gasteiger partial charge is 0.243 e. The molecule has 0 radical (unpaired) electrons. The fraction of sp³-hybridized carbons (Fsp3) is 0.577. The van der Waals surface area contributed by atoms with E-state index < -0.39 is 0 Å². The van der Waals surface area contributed by atoms with E-state index in [9.17, 15) is 9.59 Å². The van der Waals surface area contributed by atoms with Crippen LogP contribution in [0, 0.1) is 0 Å². The van der Waals surface area contributed by atoms with Crippen LogP contribution in [0.3, 0.4) is 0 Å². The number of para-hydroxylation sites is 2. The van der Waals surface area contributed by atoms with Crippen LogP contribution in [0.1, 0.15) is 83.0 Å². The molecule has 6 heteroatoms. The lowest BCUT2D eigenvalue weighted by molar-refractivity contribution is -0.138. The third-order valence-electron chi connectivity index (χ3n) is 7.13. The zero-order valence-corrected chi connectivity index (χ0v) is 19.3. The third kappa shape index (κ3) is 4.89. The molecule has 1 N–H and O–H groups in total. The highest BCUT2D eigenvalue weighted by Crippen LogP contribution is 2.31. The van der Waals surface area contributed by atoms with Crippen LogP contribution in [-0.2, 0) is 16.1 Å². The zero-order chi connectivity index (χ0) is 22.5. The average molecular weight is 437 g/mol. The van der Waals surface area contributed by atoms with Gasteiger partial charge in [0.25, 0.3) is 0 Å². The Morgan fingerprint density at radius 3 is 2.28 bits per heavy atom. The summed E-state index contributed by atoms with van der Waals surface area (Å²) in [6.45, 7) is 5.72. The molecule has 1 aromatic carbocycles. The lowest BCUT2D eigenvalue weighted by Crippen LogP contribution is -2.50. The molecule has 2 amide bonds. The van der Waals surface area contributed by atoms with Gasteiger partial charge in [-0.15, -0.1) is 0 Å². The van der Waals surface area contributed by atoms with Gasteiger partial charge in [0.15, 0.2) is 0 Å². The Labute approximate surface area is 191 Å². The first-order valence-corrected chi connectivity index (χ1v) is 12.3. The highest BCUT2D eigenvalue weighted by molar-refractivity contribution is 5.87. The van der Waals surface area contributed by atoms with E-state index in [2.05, 4.69) is 16.8 Å². The predicted octanol–water partition coefficient (Wildman–Crippen LogP) is 4.89. The maximum absolute atomic E-state index is 13.9. The summed E-state index contributed by atoms with van der Waals surface area (Å²) in [5.74, 6) is 0.658. The van der Waals surface area contributed by atoms with E-state index in [0.29, 0.717) is 17.9 Å². The molecular formula is C26H36N4O2. The minimum Gasteiger partial charge on any atom is -0.343 e. The summed E-state index contributed by atoms with van der Waals surface area (Å²) in [6, 6.07) is 8.29. The molecule has 1 heterocycles. The van der Waals surface area contributed by atoms with Gasteiger partial charge in [0.05, 0.1) is 17.1 Å². The second-order valence-corrected chi connectivity index (χ2v) is 9.36. The number of amides is 2. The minimum absolute atomic E-state index is 0.190. The lowest BCUT2D eigenvalue weighted by atomic mass is 9.88. The van der Waals surface area contributed by atoms with Gasteiger partial charge in [-0.25, -0.2) is 4.98 Å². The van der Waals surface area contributed by atoms with Gasteiger partial charge >= 0.3 is 0 Å². The molecule has 0 aliphatic heterocycles. The van der Waals surface area contributed by atoms with Gasteiger partial charge < -0.3 is 14.8 Å². The van der Waals surface area contributed by atoms with Crippen molar-refractivity contribution < 1.29 is 9.59 Å². The molecule has 0 bridgehead atoms. The number of carbonyl (C=O) groups is 2. The minimum atomic E-state index is -0.321. The predicted molar refractivity (Wildman–Crippen MR) is 127 cm³/mol. The first-order valence-electron chi connectivity index (χ1n) is 12.3. The Morgan fingerprint density at radius 1 is 1.09 bits per heavy atom. The van der Waals surface area contributed by atoms with Crippen LogP contribution in [0.5, 0.6) is 0 Å². The van der Waals surface area contributed by atoms with Crippen molar-refractivity contribution in [1.82, 2.24) is 19.8 Å². The molecule has 0 spiro atoms. The van der Waals surface area contributed by atoms with Crippen LogP contribution in [0.4, 0.5) is 0 Å². The Kier molecular flexibility index (Phi) is 7.28. The fourth-order valence-electron chi connectivity index (χ4n) is 5.57. The standard InChI is InChI=1S/C26H36N4O2/c1-3-24(31)27-19(2)26-28-22-16-10-11-17-23(22)29(26)18-25(32)30(20-12-6-4-7-13-20)21-14-8-5-9-15-21/h3,10-11,16-17,19-21H,1,4-9,12-15,18H2,2H3,(H,27,31). The van der Waals surface area contributed by atoms with Gasteiger partial charge in [0.1, 0.15) is 12.4 Å². The van der Waals surface area contributed by atoms with Crippen LogP contribution in [-0.4, -0.2) is 38.3 Å². The highest BCUT2D eigenvalue weighted by atomic mass is 16.2. The Balaban J connectivity index is 1.65. The summed E-state index contributed by atoms with van der Waals surface area (Å²) in [5.41, 5.74) is 1.78. The molecule has 172 valence electrons. The van der Waals surface area contributed by atoms with Crippen molar-refractivity contribution >= 4 is 22.8 Å². The number of carbonyl (C=O) groups excluding carboxylic acids is 2. The number of nitrogens with one attached hydrogen (secondary N) is 1. The summed E-state index contributed by atoms with van der Waals surface area (Å²) in [4.78, 5) is 32.8. The van der Waals surface area contributed by atoms with Crippen molar-refractivity contribution in [3.8, 4) is 0 Å². The third-order valence-corrected chi connectivity index (χ3v) is 7.13. The Bertz CT molecular complexity index is 936. The molecule has 1 unspecified atom stereocenters. The van der Waals surface area contributed by atoms with E-state index in [-0.39, 0.29) is 24.4 Å². The van der Waals surface area contributed by atoms with Gasteiger partial charge in [0.2, 0.25) is 11.8 Å². The number of fused-ring (bicyclic) bond motifs is 1. The molecule has 6 nitrogen and oxygen atoms in total. The van der Waals surface area contributed by atoms with Gasteiger partial charge in [-0.05, 0) is 50.8 Å². The van der Waals surface area contributed by atoms with E-state index in [1.54, 1.807) is 0 Å². The number of nitrogens with zero attached hydrogens (tertiary/aromatic N) is 3. The van der Waals surface area contributed by atoms with Crippen molar-refractivity contribution in [3.05, 3.63) is 42.7 Å². The number of hydrogen-bond donors (Lipinski definition) is 1.